The topological polar surface area (TPSA) is 98.8 Å². The first kappa shape index (κ1) is 20.7. The summed E-state index contributed by atoms with van der Waals surface area (Å²) in [5, 5.41) is 5.13. The van der Waals surface area contributed by atoms with E-state index < -0.39 is 15.9 Å². The van der Waals surface area contributed by atoms with Crippen LogP contribution in [0.5, 0.6) is 0 Å². The average molecular weight is 417 g/mol. The zero-order chi connectivity index (χ0) is 20.9. The fourth-order valence-electron chi connectivity index (χ4n) is 3.08. The molecule has 1 heterocycles. The lowest BCUT2D eigenvalue weighted by molar-refractivity contribution is -0.130. The molecule has 0 saturated carbocycles. The van der Waals surface area contributed by atoms with Crippen molar-refractivity contribution in [3.8, 4) is 0 Å². The summed E-state index contributed by atoms with van der Waals surface area (Å²) in [5.41, 5.74) is 1.58. The van der Waals surface area contributed by atoms with Gasteiger partial charge in [0.05, 0.1) is 11.4 Å². The highest BCUT2D eigenvalue weighted by Gasteiger charge is 2.21. The molecule has 8 nitrogen and oxygen atoms in total. The molecule has 1 aliphatic rings. The van der Waals surface area contributed by atoms with Crippen molar-refractivity contribution in [2.45, 2.75) is 4.90 Å². The summed E-state index contributed by atoms with van der Waals surface area (Å²) in [6.07, 6.45) is 1.12. The largest absolute Gasteiger partial charge is 0.368 e. The monoisotopic (exact) mass is 416 g/mol. The number of para-hydroxylation sites is 1. The minimum Gasteiger partial charge on any atom is -0.368 e. The molecule has 1 aliphatic heterocycles. The Kier molecular flexibility index (Phi) is 6.38. The number of hydrogen-bond donors (Lipinski definition) is 2. The van der Waals surface area contributed by atoms with E-state index in [9.17, 15) is 18.0 Å². The third kappa shape index (κ3) is 5.71. The van der Waals surface area contributed by atoms with Crippen LogP contribution in [0.2, 0.25) is 0 Å². The maximum atomic E-state index is 12.4. The number of urea groups is 1. The summed E-state index contributed by atoms with van der Waals surface area (Å²) < 4.78 is 22.9. The van der Waals surface area contributed by atoms with Crippen LogP contribution < -0.4 is 15.5 Å². The number of rotatable bonds is 5. The van der Waals surface area contributed by atoms with Gasteiger partial charge in [-0.25, -0.2) is 13.2 Å². The molecule has 0 atom stereocenters. The summed E-state index contributed by atoms with van der Waals surface area (Å²) >= 11 is 0. The second-order valence-electron chi connectivity index (χ2n) is 6.81. The van der Waals surface area contributed by atoms with E-state index in [1.54, 1.807) is 4.90 Å². The van der Waals surface area contributed by atoms with Crippen LogP contribution >= 0.6 is 0 Å². The third-order valence-corrected chi connectivity index (χ3v) is 5.82. The van der Waals surface area contributed by atoms with Gasteiger partial charge in [-0.2, -0.15) is 0 Å². The molecule has 154 valence electrons. The highest BCUT2D eigenvalue weighted by Crippen LogP contribution is 2.16. The van der Waals surface area contributed by atoms with Crippen molar-refractivity contribution in [2.75, 3.05) is 49.2 Å². The van der Waals surface area contributed by atoms with E-state index in [-0.39, 0.29) is 17.3 Å². The lowest BCUT2D eigenvalue weighted by Crippen LogP contribution is -2.51. The van der Waals surface area contributed by atoms with Crippen molar-refractivity contribution < 1.29 is 18.0 Å². The molecule has 0 bridgehead atoms. The van der Waals surface area contributed by atoms with Crippen LogP contribution in [0.1, 0.15) is 0 Å². The fourth-order valence-corrected chi connectivity index (χ4v) is 3.71. The lowest BCUT2D eigenvalue weighted by atomic mass is 10.2. The van der Waals surface area contributed by atoms with Crippen LogP contribution in [0.25, 0.3) is 0 Å². The SMILES string of the molecule is CS(=O)(=O)c1ccc(NC(=O)NCC(=O)N2CCN(c3ccccc3)CC2)cc1. The van der Waals surface area contributed by atoms with Crippen LogP contribution in [0.3, 0.4) is 0 Å². The molecule has 0 spiro atoms. The number of nitrogens with zero attached hydrogens (tertiary/aromatic N) is 2. The van der Waals surface area contributed by atoms with Crippen molar-refractivity contribution in [2.24, 2.45) is 0 Å². The first-order valence-electron chi connectivity index (χ1n) is 9.26. The zero-order valence-electron chi connectivity index (χ0n) is 16.2. The van der Waals surface area contributed by atoms with Gasteiger partial charge in [-0.05, 0) is 36.4 Å². The van der Waals surface area contributed by atoms with E-state index in [1.165, 1.54) is 24.3 Å². The number of piperazine rings is 1. The van der Waals surface area contributed by atoms with Crippen LogP contribution in [0.15, 0.2) is 59.5 Å². The first-order valence-corrected chi connectivity index (χ1v) is 11.1. The summed E-state index contributed by atoms with van der Waals surface area (Å²) in [7, 11) is -3.29. The Morgan fingerprint density at radius 1 is 0.931 bits per heavy atom. The molecule has 29 heavy (non-hydrogen) atoms. The molecule has 2 aromatic rings. The van der Waals surface area contributed by atoms with Crippen LogP contribution in [-0.4, -0.2) is 64.2 Å². The molecule has 0 aromatic heterocycles. The molecule has 1 saturated heterocycles. The molecule has 0 radical (unpaired) electrons. The predicted octanol–water partition coefficient (Wildman–Crippen LogP) is 1.56. The highest BCUT2D eigenvalue weighted by atomic mass is 32.2. The third-order valence-electron chi connectivity index (χ3n) is 4.69. The molecule has 0 aliphatic carbocycles. The molecule has 2 N–H and O–H groups in total. The summed E-state index contributed by atoms with van der Waals surface area (Å²) in [4.78, 5) is 28.5. The smallest absolute Gasteiger partial charge is 0.319 e. The van der Waals surface area contributed by atoms with E-state index in [2.05, 4.69) is 15.5 Å². The standard InChI is InChI=1S/C20H24N4O4S/c1-29(27,28)18-9-7-16(8-10-18)22-20(26)21-15-19(25)24-13-11-23(12-14-24)17-5-3-2-4-6-17/h2-10H,11-15H2,1H3,(H2,21,22,26). The van der Waals surface area contributed by atoms with E-state index >= 15 is 0 Å². The maximum absolute atomic E-state index is 12.4. The second-order valence-corrected chi connectivity index (χ2v) is 8.82. The molecule has 3 amide bonds. The highest BCUT2D eigenvalue weighted by molar-refractivity contribution is 7.90. The maximum Gasteiger partial charge on any atom is 0.319 e. The minimum absolute atomic E-state index is 0.0986. The number of amides is 3. The van der Waals surface area contributed by atoms with Gasteiger partial charge in [0.2, 0.25) is 5.91 Å². The summed E-state index contributed by atoms with van der Waals surface area (Å²) in [6.45, 7) is 2.59. The van der Waals surface area contributed by atoms with Gasteiger partial charge in [0.1, 0.15) is 0 Å². The van der Waals surface area contributed by atoms with Gasteiger partial charge in [0, 0.05) is 43.8 Å². The van der Waals surface area contributed by atoms with Crippen molar-refractivity contribution >= 4 is 33.2 Å². The molecular formula is C20H24N4O4S. The lowest BCUT2D eigenvalue weighted by Gasteiger charge is -2.36. The zero-order valence-corrected chi connectivity index (χ0v) is 17.0. The Bertz CT molecular complexity index is 954. The number of benzene rings is 2. The number of sulfone groups is 1. The Labute approximate surface area is 170 Å². The van der Waals surface area contributed by atoms with Crippen molar-refractivity contribution in [1.82, 2.24) is 10.2 Å². The van der Waals surface area contributed by atoms with Crippen molar-refractivity contribution in [1.29, 1.82) is 0 Å². The quantitative estimate of drug-likeness (QED) is 0.771. The van der Waals surface area contributed by atoms with Gasteiger partial charge in [0.15, 0.2) is 9.84 Å². The van der Waals surface area contributed by atoms with E-state index in [0.717, 1.165) is 25.0 Å². The normalized spacial score (nSPS) is 14.4. The van der Waals surface area contributed by atoms with Crippen molar-refractivity contribution in [3.63, 3.8) is 0 Å². The predicted molar refractivity (Wildman–Crippen MR) is 112 cm³/mol. The van der Waals surface area contributed by atoms with Crippen LogP contribution in [-0.2, 0) is 14.6 Å². The van der Waals surface area contributed by atoms with Gasteiger partial charge >= 0.3 is 6.03 Å². The van der Waals surface area contributed by atoms with Crippen LogP contribution in [0.4, 0.5) is 16.2 Å². The van der Waals surface area contributed by atoms with E-state index in [1.807, 2.05) is 30.3 Å². The Morgan fingerprint density at radius 2 is 1.55 bits per heavy atom. The average Bonchev–Trinajstić information content (AvgIpc) is 2.72. The number of anilines is 2. The summed E-state index contributed by atoms with van der Waals surface area (Å²) in [5.74, 6) is -0.139. The molecular weight excluding hydrogens is 392 g/mol. The number of hydrogen-bond acceptors (Lipinski definition) is 5. The minimum atomic E-state index is -3.29. The van der Waals surface area contributed by atoms with Gasteiger partial charge in [-0.1, -0.05) is 18.2 Å². The number of carbonyl (C=O) groups excluding carboxylic acids is 2. The van der Waals surface area contributed by atoms with Gasteiger partial charge in [-0.15, -0.1) is 0 Å². The molecule has 0 unspecified atom stereocenters. The molecule has 9 heteroatoms. The molecule has 1 fully saturated rings. The molecule has 2 aromatic carbocycles. The van der Waals surface area contributed by atoms with Gasteiger partial charge in [-0.3, -0.25) is 4.79 Å². The molecule has 3 rings (SSSR count). The second kappa shape index (κ2) is 8.95. The first-order chi connectivity index (χ1) is 13.8. The Hall–Kier alpha value is -3.07. The Balaban J connectivity index is 1.43. The van der Waals surface area contributed by atoms with E-state index in [4.69, 9.17) is 0 Å². The fraction of sp³-hybridized carbons (Fsp3) is 0.300. The van der Waals surface area contributed by atoms with Crippen LogP contribution in [0, 0.1) is 0 Å². The summed E-state index contributed by atoms with van der Waals surface area (Å²) in [6, 6.07) is 15.4. The number of carbonyl (C=O) groups is 2. The van der Waals surface area contributed by atoms with Gasteiger partial charge in [0.25, 0.3) is 0 Å². The van der Waals surface area contributed by atoms with E-state index in [0.29, 0.717) is 18.8 Å². The van der Waals surface area contributed by atoms with Crippen molar-refractivity contribution in [3.05, 3.63) is 54.6 Å². The Morgan fingerprint density at radius 3 is 2.14 bits per heavy atom. The van der Waals surface area contributed by atoms with Gasteiger partial charge < -0.3 is 20.4 Å². The number of nitrogens with one attached hydrogen (secondary N) is 2.